The van der Waals surface area contributed by atoms with Gasteiger partial charge in [0.2, 0.25) is 0 Å². The van der Waals surface area contributed by atoms with E-state index in [2.05, 4.69) is 13.8 Å². The lowest BCUT2D eigenvalue weighted by Gasteiger charge is -2.06. The van der Waals surface area contributed by atoms with E-state index in [4.69, 9.17) is 10.8 Å². The van der Waals surface area contributed by atoms with E-state index < -0.39 is 12.0 Å². The summed E-state index contributed by atoms with van der Waals surface area (Å²) in [6, 6.07) is -0.688. The van der Waals surface area contributed by atoms with Crippen molar-refractivity contribution in [3.63, 3.8) is 0 Å². The lowest BCUT2D eigenvalue weighted by molar-refractivity contribution is -0.138. The fraction of sp³-hybridized carbons (Fsp3) is 0.889. The van der Waals surface area contributed by atoms with E-state index in [1.165, 1.54) is 6.42 Å². The average molecular weight is 205 g/mol. The SMILES string of the molecule is CC(C)CCSCC[C@H](N)C(=O)O. The number of hydrogen-bond donors (Lipinski definition) is 2. The number of thioether (sulfide) groups is 1. The first-order chi connectivity index (χ1) is 6.04. The molecule has 78 valence electrons. The molecule has 0 heterocycles. The van der Waals surface area contributed by atoms with Crippen LogP contribution < -0.4 is 5.73 Å². The molecule has 4 heteroatoms. The second-order valence-electron chi connectivity index (χ2n) is 3.53. The van der Waals surface area contributed by atoms with Crippen molar-refractivity contribution in [3.8, 4) is 0 Å². The first-order valence-corrected chi connectivity index (χ1v) is 5.75. The summed E-state index contributed by atoms with van der Waals surface area (Å²) in [6.45, 7) is 4.37. The number of hydrogen-bond acceptors (Lipinski definition) is 3. The normalized spacial score (nSPS) is 13.2. The summed E-state index contributed by atoms with van der Waals surface area (Å²) in [5, 5.41) is 8.49. The van der Waals surface area contributed by atoms with Gasteiger partial charge in [0.25, 0.3) is 0 Å². The molecule has 0 saturated carbocycles. The highest BCUT2D eigenvalue weighted by Gasteiger charge is 2.09. The Morgan fingerprint density at radius 2 is 1.92 bits per heavy atom. The molecule has 0 aromatic carbocycles. The van der Waals surface area contributed by atoms with Crippen molar-refractivity contribution < 1.29 is 9.90 Å². The van der Waals surface area contributed by atoms with E-state index in [1.807, 2.05) is 0 Å². The Bertz CT molecular complexity index is 151. The van der Waals surface area contributed by atoms with Crippen LogP contribution in [0.2, 0.25) is 0 Å². The van der Waals surface area contributed by atoms with Gasteiger partial charge in [-0.05, 0) is 30.3 Å². The van der Waals surface area contributed by atoms with Crippen LogP contribution in [0.3, 0.4) is 0 Å². The average Bonchev–Trinajstić information content (AvgIpc) is 2.02. The van der Waals surface area contributed by atoms with Gasteiger partial charge in [-0.2, -0.15) is 11.8 Å². The number of nitrogens with two attached hydrogens (primary N) is 1. The van der Waals surface area contributed by atoms with Gasteiger partial charge in [-0.1, -0.05) is 13.8 Å². The van der Waals surface area contributed by atoms with Crippen LogP contribution in [0.5, 0.6) is 0 Å². The lowest BCUT2D eigenvalue weighted by Crippen LogP contribution is -2.30. The van der Waals surface area contributed by atoms with Crippen LogP contribution in [-0.2, 0) is 4.79 Å². The van der Waals surface area contributed by atoms with Crippen molar-refractivity contribution in [1.29, 1.82) is 0 Å². The van der Waals surface area contributed by atoms with Crippen LogP contribution in [0.4, 0.5) is 0 Å². The summed E-state index contributed by atoms with van der Waals surface area (Å²) in [6.07, 6.45) is 1.76. The van der Waals surface area contributed by atoms with Crippen LogP contribution in [0, 0.1) is 5.92 Å². The van der Waals surface area contributed by atoms with Crippen LogP contribution >= 0.6 is 11.8 Å². The molecule has 0 aliphatic heterocycles. The minimum absolute atomic E-state index is 0.568. The van der Waals surface area contributed by atoms with Gasteiger partial charge in [0.15, 0.2) is 0 Å². The molecular formula is C9H19NO2S. The predicted octanol–water partition coefficient (Wildman–Crippen LogP) is 1.57. The zero-order valence-electron chi connectivity index (χ0n) is 8.32. The molecule has 0 spiro atoms. The smallest absolute Gasteiger partial charge is 0.320 e. The highest BCUT2D eigenvalue weighted by molar-refractivity contribution is 7.99. The molecule has 0 aliphatic carbocycles. The summed E-state index contributed by atoms with van der Waals surface area (Å²) in [5.74, 6) is 1.77. The molecule has 1 atom stereocenters. The minimum atomic E-state index is -0.899. The lowest BCUT2D eigenvalue weighted by atomic mass is 10.2. The fourth-order valence-corrected chi connectivity index (χ4v) is 2.02. The topological polar surface area (TPSA) is 63.3 Å². The molecule has 0 radical (unpaired) electrons. The van der Waals surface area contributed by atoms with Crippen molar-refractivity contribution in [2.45, 2.75) is 32.7 Å². The van der Waals surface area contributed by atoms with Gasteiger partial charge in [-0.25, -0.2) is 0 Å². The Morgan fingerprint density at radius 3 is 2.38 bits per heavy atom. The second kappa shape index (κ2) is 7.21. The number of aliphatic carboxylic acids is 1. The monoisotopic (exact) mass is 205 g/mol. The third-order valence-electron chi connectivity index (χ3n) is 1.73. The Hall–Kier alpha value is -0.220. The van der Waals surface area contributed by atoms with Gasteiger partial charge in [-0.15, -0.1) is 0 Å². The molecule has 3 N–H and O–H groups in total. The molecule has 0 aromatic heterocycles. The van der Waals surface area contributed by atoms with E-state index in [0.717, 1.165) is 17.4 Å². The summed E-state index contributed by atoms with van der Waals surface area (Å²) in [5.41, 5.74) is 5.35. The zero-order chi connectivity index (χ0) is 10.3. The standard InChI is InChI=1S/C9H19NO2S/c1-7(2)3-5-13-6-4-8(10)9(11)12/h7-8H,3-6,10H2,1-2H3,(H,11,12)/t8-/m0/s1. The third-order valence-corrected chi connectivity index (χ3v) is 2.78. The maximum absolute atomic E-state index is 10.3. The Labute approximate surface area is 84.1 Å². The number of rotatable bonds is 7. The molecule has 0 rings (SSSR count). The van der Waals surface area contributed by atoms with E-state index in [0.29, 0.717) is 6.42 Å². The van der Waals surface area contributed by atoms with Crippen molar-refractivity contribution in [1.82, 2.24) is 0 Å². The predicted molar refractivity (Wildman–Crippen MR) is 57.0 cm³/mol. The number of carbonyl (C=O) groups is 1. The van der Waals surface area contributed by atoms with Crippen LogP contribution in [0.25, 0.3) is 0 Å². The van der Waals surface area contributed by atoms with Crippen LogP contribution in [0.15, 0.2) is 0 Å². The summed E-state index contributed by atoms with van der Waals surface area (Å²) in [4.78, 5) is 10.3. The molecular weight excluding hydrogens is 186 g/mol. The Morgan fingerprint density at radius 1 is 1.38 bits per heavy atom. The number of carboxylic acids is 1. The quantitative estimate of drug-likeness (QED) is 0.619. The van der Waals surface area contributed by atoms with Gasteiger partial charge < -0.3 is 10.8 Å². The molecule has 13 heavy (non-hydrogen) atoms. The molecule has 0 bridgehead atoms. The van der Waals surface area contributed by atoms with Gasteiger partial charge in [-0.3, -0.25) is 4.79 Å². The highest BCUT2D eigenvalue weighted by Crippen LogP contribution is 2.10. The fourth-order valence-electron chi connectivity index (χ4n) is 0.755. The Balaban J connectivity index is 3.21. The molecule has 0 unspecified atom stereocenters. The highest BCUT2D eigenvalue weighted by atomic mass is 32.2. The van der Waals surface area contributed by atoms with Gasteiger partial charge in [0.1, 0.15) is 6.04 Å². The molecule has 0 aliphatic rings. The zero-order valence-corrected chi connectivity index (χ0v) is 9.14. The van der Waals surface area contributed by atoms with Gasteiger partial charge >= 0.3 is 5.97 Å². The van der Waals surface area contributed by atoms with Gasteiger partial charge in [0, 0.05) is 0 Å². The van der Waals surface area contributed by atoms with Crippen molar-refractivity contribution >= 4 is 17.7 Å². The van der Waals surface area contributed by atoms with E-state index in [1.54, 1.807) is 11.8 Å². The van der Waals surface area contributed by atoms with E-state index in [9.17, 15) is 4.79 Å². The van der Waals surface area contributed by atoms with Crippen molar-refractivity contribution in [2.24, 2.45) is 11.7 Å². The molecule has 0 saturated heterocycles. The molecule has 3 nitrogen and oxygen atoms in total. The first-order valence-electron chi connectivity index (χ1n) is 4.60. The maximum Gasteiger partial charge on any atom is 0.320 e. The maximum atomic E-state index is 10.3. The second-order valence-corrected chi connectivity index (χ2v) is 4.75. The molecule has 0 aromatic rings. The molecule has 0 fully saturated rings. The first kappa shape index (κ1) is 12.8. The van der Waals surface area contributed by atoms with Crippen LogP contribution in [-0.4, -0.2) is 28.6 Å². The number of carboxylic acid groups (broad SMARTS) is 1. The van der Waals surface area contributed by atoms with Crippen molar-refractivity contribution in [3.05, 3.63) is 0 Å². The third kappa shape index (κ3) is 8.12. The van der Waals surface area contributed by atoms with E-state index >= 15 is 0 Å². The summed E-state index contributed by atoms with van der Waals surface area (Å²) in [7, 11) is 0. The summed E-state index contributed by atoms with van der Waals surface area (Å²) >= 11 is 1.78. The minimum Gasteiger partial charge on any atom is -0.480 e. The Kier molecular flexibility index (Phi) is 7.09. The van der Waals surface area contributed by atoms with Crippen molar-refractivity contribution in [2.75, 3.05) is 11.5 Å². The largest absolute Gasteiger partial charge is 0.480 e. The van der Waals surface area contributed by atoms with Gasteiger partial charge in [0.05, 0.1) is 0 Å². The van der Waals surface area contributed by atoms with Crippen LogP contribution in [0.1, 0.15) is 26.7 Å². The summed E-state index contributed by atoms with van der Waals surface area (Å²) < 4.78 is 0. The molecule has 0 amide bonds. The van der Waals surface area contributed by atoms with E-state index in [-0.39, 0.29) is 0 Å².